The molecule has 0 saturated heterocycles. The first-order chi connectivity index (χ1) is 11.7. The van der Waals surface area contributed by atoms with Gasteiger partial charge >= 0.3 is 0 Å². The van der Waals surface area contributed by atoms with Crippen LogP contribution >= 0.6 is 0 Å². The van der Waals surface area contributed by atoms with Gasteiger partial charge in [0.1, 0.15) is 6.61 Å². The Bertz CT molecular complexity index is 644. The van der Waals surface area contributed by atoms with Gasteiger partial charge in [-0.15, -0.1) is 0 Å². The molecule has 2 aromatic rings. The molecule has 2 N–H and O–H groups in total. The molecule has 0 bridgehead atoms. The molecule has 5 nitrogen and oxygen atoms in total. The second kappa shape index (κ2) is 9.57. The van der Waals surface area contributed by atoms with E-state index in [2.05, 4.69) is 10.6 Å². The van der Waals surface area contributed by atoms with Gasteiger partial charge in [0.05, 0.1) is 7.11 Å². The first-order valence-corrected chi connectivity index (χ1v) is 7.98. The van der Waals surface area contributed by atoms with Crippen molar-refractivity contribution in [2.75, 3.05) is 20.7 Å². The Morgan fingerprint density at radius 3 is 2.54 bits per heavy atom. The van der Waals surface area contributed by atoms with Crippen molar-refractivity contribution in [1.29, 1.82) is 0 Å². The van der Waals surface area contributed by atoms with Crippen LogP contribution in [0.5, 0.6) is 11.5 Å². The van der Waals surface area contributed by atoms with E-state index in [9.17, 15) is 4.79 Å². The maximum atomic E-state index is 11.6. The Morgan fingerprint density at radius 1 is 1.04 bits per heavy atom. The third-order valence-corrected chi connectivity index (χ3v) is 3.56. The summed E-state index contributed by atoms with van der Waals surface area (Å²) in [6.07, 6.45) is 0.464. The quantitative estimate of drug-likeness (QED) is 0.742. The lowest BCUT2D eigenvalue weighted by molar-refractivity contribution is -0.121. The molecule has 0 fully saturated rings. The molecule has 128 valence electrons. The Balaban J connectivity index is 1.93. The van der Waals surface area contributed by atoms with Crippen LogP contribution in [-0.4, -0.2) is 26.6 Å². The van der Waals surface area contributed by atoms with Crippen LogP contribution in [0.15, 0.2) is 48.5 Å². The first kappa shape index (κ1) is 17.8. The summed E-state index contributed by atoms with van der Waals surface area (Å²) in [6, 6.07) is 15.7. The fraction of sp³-hybridized carbons (Fsp3) is 0.316. The normalized spacial score (nSPS) is 10.2. The minimum atomic E-state index is 0.0210. The van der Waals surface area contributed by atoms with Crippen molar-refractivity contribution in [1.82, 2.24) is 10.6 Å². The molecule has 0 aromatic heterocycles. The van der Waals surface area contributed by atoms with Crippen LogP contribution in [0.3, 0.4) is 0 Å². The van der Waals surface area contributed by atoms with E-state index in [1.54, 1.807) is 7.11 Å². The summed E-state index contributed by atoms with van der Waals surface area (Å²) in [4.78, 5) is 11.6. The van der Waals surface area contributed by atoms with Gasteiger partial charge in [-0.3, -0.25) is 4.79 Å². The SMILES string of the molecule is CNCCC(=O)NCc1ccc(OCc2ccccc2)c(OC)c1. The molecular weight excluding hydrogens is 304 g/mol. The second-order valence-electron chi connectivity index (χ2n) is 5.39. The van der Waals surface area contributed by atoms with Gasteiger partial charge in [0.2, 0.25) is 5.91 Å². The smallest absolute Gasteiger partial charge is 0.221 e. The number of carbonyl (C=O) groups is 1. The number of benzene rings is 2. The van der Waals surface area contributed by atoms with Crippen LogP contribution in [0.2, 0.25) is 0 Å². The molecule has 0 unspecified atom stereocenters. The number of hydrogen-bond acceptors (Lipinski definition) is 4. The maximum absolute atomic E-state index is 11.6. The molecule has 0 radical (unpaired) electrons. The minimum Gasteiger partial charge on any atom is -0.493 e. The highest BCUT2D eigenvalue weighted by atomic mass is 16.5. The minimum absolute atomic E-state index is 0.0210. The average Bonchev–Trinajstić information content (AvgIpc) is 2.64. The van der Waals surface area contributed by atoms with Gasteiger partial charge in [0, 0.05) is 19.5 Å². The molecule has 0 heterocycles. The lowest BCUT2D eigenvalue weighted by Crippen LogP contribution is -2.26. The van der Waals surface area contributed by atoms with Crippen molar-refractivity contribution in [2.45, 2.75) is 19.6 Å². The lowest BCUT2D eigenvalue weighted by atomic mass is 10.2. The molecular formula is C19H24N2O3. The standard InChI is InChI=1S/C19H24N2O3/c1-20-11-10-19(22)21-13-16-8-9-17(18(12-16)23-2)24-14-15-6-4-3-5-7-15/h3-9,12,20H,10-11,13-14H2,1-2H3,(H,21,22). The Hall–Kier alpha value is -2.53. The zero-order valence-corrected chi connectivity index (χ0v) is 14.2. The molecule has 0 aliphatic rings. The Morgan fingerprint density at radius 2 is 1.83 bits per heavy atom. The number of carbonyl (C=O) groups excluding carboxylic acids is 1. The van der Waals surface area contributed by atoms with Gasteiger partial charge in [-0.2, -0.15) is 0 Å². The van der Waals surface area contributed by atoms with Crippen LogP contribution in [0.25, 0.3) is 0 Å². The zero-order valence-electron chi connectivity index (χ0n) is 14.2. The van der Waals surface area contributed by atoms with E-state index in [1.165, 1.54) is 0 Å². The van der Waals surface area contributed by atoms with Gasteiger partial charge in [-0.05, 0) is 30.3 Å². The van der Waals surface area contributed by atoms with Crippen molar-refractivity contribution in [3.8, 4) is 11.5 Å². The topological polar surface area (TPSA) is 59.6 Å². The number of rotatable bonds is 9. The molecule has 0 atom stereocenters. The van der Waals surface area contributed by atoms with Crippen LogP contribution in [0.1, 0.15) is 17.5 Å². The highest BCUT2D eigenvalue weighted by Crippen LogP contribution is 2.28. The van der Waals surface area contributed by atoms with Crippen molar-refractivity contribution in [2.24, 2.45) is 0 Å². The molecule has 2 rings (SSSR count). The lowest BCUT2D eigenvalue weighted by Gasteiger charge is -2.13. The highest BCUT2D eigenvalue weighted by molar-refractivity contribution is 5.76. The van der Waals surface area contributed by atoms with E-state index >= 15 is 0 Å². The molecule has 2 aromatic carbocycles. The molecule has 0 saturated carbocycles. The van der Waals surface area contributed by atoms with E-state index < -0.39 is 0 Å². The largest absolute Gasteiger partial charge is 0.493 e. The highest BCUT2D eigenvalue weighted by Gasteiger charge is 2.07. The van der Waals surface area contributed by atoms with Gasteiger partial charge in [0.15, 0.2) is 11.5 Å². The van der Waals surface area contributed by atoms with Crippen LogP contribution < -0.4 is 20.1 Å². The van der Waals surface area contributed by atoms with Crippen LogP contribution in [0, 0.1) is 0 Å². The summed E-state index contributed by atoms with van der Waals surface area (Å²) in [5.74, 6) is 1.37. The fourth-order valence-electron chi connectivity index (χ4n) is 2.20. The predicted octanol–water partition coefficient (Wildman–Crippen LogP) is 2.50. The summed E-state index contributed by atoms with van der Waals surface area (Å²) in [7, 11) is 3.44. The Kier molecular flexibility index (Phi) is 7.11. The number of nitrogens with one attached hydrogen (secondary N) is 2. The van der Waals surface area contributed by atoms with Crippen LogP contribution in [-0.2, 0) is 17.9 Å². The summed E-state index contributed by atoms with van der Waals surface area (Å²) in [5.41, 5.74) is 2.07. The average molecular weight is 328 g/mol. The van der Waals surface area contributed by atoms with Gasteiger partial charge < -0.3 is 20.1 Å². The fourth-order valence-corrected chi connectivity index (χ4v) is 2.20. The maximum Gasteiger partial charge on any atom is 0.221 e. The summed E-state index contributed by atoms with van der Waals surface area (Å²) in [5, 5.41) is 5.84. The first-order valence-electron chi connectivity index (χ1n) is 7.98. The molecule has 0 aliphatic heterocycles. The van der Waals surface area contributed by atoms with Crippen molar-refractivity contribution >= 4 is 5.91 Å². The van der Waals surface area contributed by atoms with E-state index in [1.807, 2.05) is 55.6 Å². The molecule has 1 amide bonds. The molecule has 0 spiro atoms. The van der Waals surface area contributed by atoms with E-state index in [0.29, 0.717) is 37.6 Å². The molecule has 24 heavy (non-hydrogen) atoms. The summed E-state index contributed by atoms with van der Waals surface area (Å²) >= 11 is 0. The van der Waals surface area contributed by atoms with Crippen molar-refractivity contribution in [3.05, 3.63) is 59.7 Å². The number of hydrogen-bond donors (Lipinski definition) is 2. The second-order valence-corrected chi connectivity index (χ2v) is 5.39. The number of ether oxygens (including phenoxy) is 2. The van der Waals surface area contributed by atoms with Crippen molar-refractivity contribution < 1.29 is 14.3 Å². The summed E-state index contributed by atoms with van der Waals surface area (Å²) in [6.45, 7) is 1.62. The third-order valence-electron chi connectivity index (χ3n) is 3.56. The molecule has 5 heteroatoms. The van der Waals surface area contributed by atoms with E-state index in [-0.39, 0.29) is 5.91 Å². The van der Waals surface area contributed by atoms with Gasteiger partial charge in [0.25, 0.3) is 0 Å². The van der Waals surface area contributed by atoms with Crippen molar-refractivity contribution in [3.63, 3.8) is 0 Å². The monoisotopic (exact) mass is 328 g/mol. The van der Waals surface area contributed by atoms with E-state index in [4.69, 9.17) is 9.47 Å². The van der Waals surface area contributed by atoms with E-state index in [0.717, 1.165) is 11.1 Å². The number of amides is 1. The third kappa shape index (κ3) is 5.59. The van der Waals surface area contributed by atoms with Gasteiger partial charge in [-0.25, -0.2) is 0 Å². The van der Waals surface area contributed by atoms with Crippen LogP contribution in [0.4, 0.5) is 0 Å². The summed E-state index contributed by atoms with van der Waals surface area (Å²) < 4.78 is 11.2. The predicted molar refractivity (Wildman–Crippen MR) is 94.2 cm³/mol. The van der Waals surface area contributed by atoms with Gasteiger partial charge in [-0.1, -0.05) is 36.4 Å². The number of methoxy groups -OCH3 is 1. The molecule has 0 aliphatic carbocycles. The Labute approximate surface area is 143 Å². The zero-order chi connectivity index (χ0) is 17.2.